The Morgan fingerprint density at radius 1 is 1.14 bits per heavy atom. The van der Waals surface area contributed by atoms with Crippen LogP contribution in [0.5, 0.6) is 0 Å². The summed E-state index contributed by atoms with van der Waals surface area (Å²) in [6, 6.07) is 9.30. The lowest BCUT2D eigenvalue weighted by Gasteiger charge is -2.24. The first-order valence-corrected chi connectivity index (χ1v) is 7.60. The third kappa shape index (κ3) is 3.32. The maximum absolute atomic E-state index is 12.2. The molecule has 0 heterocycles. The largest absolute Gasteiger partial charge is 0.572 e. The molecule has 0 spiro atoms. The average Bonchev–Trinajstić information content (AvgIpc) is 2.44. The van der Waals surface area contributed by atoms with Crippen molar-refractivity contribution >= 4 is 33.0 Å². The van der Waals surface area contributed by atoms with Crippen molar-refractivity contribution in [3.05, 3.63) is 67.9 Å². The highest BCUT2D eigenvalue weighted by molar-refractivity contribution is 7.94. The van der Waals surface area contributed by atoms with Crippen LogP contribution in [0.4, 0.5) is 11.4 Å². The van der Waals surface area contributed by atoms with Crippen molar-refractivity contribution in [2.45, 2.75) is 11.8 Å². The van der Waals surface area contributed by atoms with Crippen LogP contribution >= 0.6 is 11.6 Å². The van der Waals surface area contributed by atoms with Gasteiger partial charge in [-0.25, -0.2) is 8.42 Å². The first kappa shape index (κ1) is 15.3. The van der Waals surface area contributed by atoms with E-state index in [0.29, 0.717) is 10.6 Å². The molecule has 110 valence electrons. The maximum Gasteiger partial charge on any atom is 0.269 e. The molecule has 0 aromatic heterocycles. The summed E-state index contributed by atoms with van der Waals surface area (Å²) in [4.78, 5) is 9.83. The number of non-ortho nitro benzene ring substituents is 1. The van der Waals surface area contributed by atoms with Crippen LogP contribution in [-0.4, -0.2) is 13.3 Å². The van der Waals surface area contributed by atoms with E-state index in [1.807, 2.05) is 0 Å². The van der Waals surface area contributed by atoms with Crippen LogP contribution in [0.15, 0.2) is 47.4 Å². The molecule has 0 N–H and O–H groups in total. The number of nitro groups is 1. The molecular formula is C13H10ClN2O4S-. The highest BCUT2D eigenvalue weighted by Crippen LogP contribution is 2.34. The van der Waals surface area contributed by atoms with E-state index in [1.54, 1.807) is 19.1 Å². The second-order valence-corrected chi connectivity index (χ2v) is 6.21. The average molecular weight is 326 g/mol. The monoisotopic (exact) mass is 325 g/mol. The fourth-order valence-electron chi connectivity index (χ4n) is 1.62. The zero-order valence-electron chi connectivity index (χ0n) is 10.9. The van der Waals surface area contributed by atoms with Gasteiger partial charge in [0.1, 0.15) is 10.0 Å². The van der Waals surface area contributed by atoms with Gasteiger partial charge in [0.05, 0.1) is 9.82 Å². The van der Waals surface area contributed by atoms with E-state index in [1.165, 1.54) is 6.07 Å². The fraction of sp³-hybridized carbons (Fsp3) is 0.0769. The van der Waals surface area contributed by atoms with Crippen molar-refractivity contribution in [2.24, 2.45) is 0 Å². The molecule has 0 atom stereocenters. The molecule has 2 rings (SSSR count). The van der Waals surface area contributed by atoms with Crippen LogP contribution in [0.2, 0.25) is 5.02 Å². The SMILES string of the molecule is Cc1c(Cl)cccc1[N-]S(=O)(=O)c1ccc([N+](=O)[O-])cc1. The van der Waals surface area contributed by atoms with Crippen molar-refractivity contribution in [1.82, 2.24) is 0 Å². The van der Waals surface area contributed by atoms with Crippen LogP contribution in [0.3, 0.4) is 0 Å². The van der Waals surface area contributed by atoms with Crippen molar-refractivity contribution in [3.8, 4) is 0 Å². The Bertz CT molecular complexity index is 788. The summed E-state index contributed by atoms with van der Waals surface area (Å²) in [5.74, 6) is 0. The topological polar surface area (TPSA) is 91.4 Å². The van der Waals surface area contributed by atoms with E-state index in [9.17, 15) is 18.5 Å². The van der Waals surface area contributed by atoms with E-state index in [-0.39, 0.29) is 16.3 Å². The molecule has 0 radical (unpaired) electrons. The number of sulfonamides is 1. The standard InChI is InChI=1S/C13H10ClN2O4S/c1-9-12(14)3-2-4-13(9)15-21(19,20)11-7-5-10(6-8-11)16(17)18/h2-8H,1H3/q-1. The zero-order chi connectivity index (χ0) is 15.6. The highest BCUT2D eigenvalue weighted by Gasteiger charge is 2.10. The van der Waals surface area contributed by atoms with Crippen LogP contribution in [0, 0.1) is 17.0 Å². The number of rotatable bonds is 4. The Morgan fingerprint density at radius 2 is 1.76 bits per heavy atom. The predicted molar refractivity (Wildman–Crippen MR) is 79.5 cm³/mol. The minimum absolute atomic E-state index is 0.118. The number of benzene rings is 2. The number of halogens is 1. The first-order valence-electron chi connectivity index (χ1n) is 5.79. The maximum atomic E-state index is 12.2. The highest BCUT2D eigenvalue weighted by atomic mass is 35.5. The first-order chi connectivity index (χ1) is 9.81. The Kier molecular flexibility index (Phi) is 4.15. The van der Waals surface area contributed by atoms with E-state index in [4.69, 9.17) is 11.6 Å². The number of nitro benzene ring substituents is 1. The normalized spacial score (nSPS) is 11.1. The van der Waals surface area contributed by atoms with Gasteiger partial charge in [-0.15, -0.1) is 5.69 Å². The van der Waals surface area contributed by atoms with E-state index < -0.39 is 14.9 Å². The lowest BCUT2D eigenvalue weighted by molar-refractivity contribution is -0.384. The van der Waals surface area contributed by atoms with Crippen molar-refractivity contribution in [2.75, 3.05) is 0 Å². The van der Waals surface area contributed by atoms with Gasteiger partial charge in [-0.2, -0.15) is 0 Å². The molecule has 0 aliphatic carbocycles. The van der Waals surface area contributed by atoms with Crippen molar-refractivity contribution in [1.29, 1.82) is 0 Å². The Balaban J connectivity index is 2.34. The third-order valence-electron chi connectivity index (χ3n) is 2.80. The fourth-order valence-corrected chi connectivity index (χ4v) is 2.83. The lowest BCUT2D eigenvalue weighted by Crippen LogP contribution is -1.99. The summed E-state index contributed by atoms with van der Waals surface area (Å²) in [5, 5.41) is 11.0. The molecule has 0 saturated heterocycles. The van der Waals surface area contributed by atoms with Crippen LogP contribution < -0.4 is 0 Å². The molecule has 0 fully saturated rings. The van der Waals surface area contributed by atoms with Gasteiger partial charge in [0.25, 0.3) is 5.69 Å². The summed E-state index contributed by atoms with van der Waals surface area (Å²) in [6.45, 7) is 1.66. The molecule has 0 saturated carbocycles. The van der Waals surface area contributed by atoms with Gasteiger partial charge < -0.3 is 4.72 Å². The molecule has 0 unspecified atom stereocenters. The smallest absolute Gasteiger partial charge is 0.269 e. The van der Waals surface area contributed by atoms with Gasteiger partial charge in [0.15, 0.2) is 0 Å². The Morgan fingerprint density at radius 3 is 2.33 bits per heavy atom. The molecular weight excluding hydrogens is 316 g/mol. The van der Waals surface area contributed by atoms with Gasteiger partial charge in [-0.3, -0.25) is 10.1 Å². The van der Waals surface area contributed by atoms with Gasteiger partial charge >= 0.3 is 0 Å². The second-order valence-electron chi connectivity index (χ2n) is 4.20. The van der Waals surface area contributed by atoms with Gasteiger partial charge in [-0.05, 0) is 30.7 Å². The van der Waals surface area contributed by atoms with Gasteiger partial charge in [0, 0.05) is 17.2 Å². The summed E-state index contributed by atoms with van der Waals surface area (Å²) >= 11 is 5.91. The quantitative estimate of drug-likeness (QED) is 0.628. The van der Waals surface area contributed by atoms with E-state index >= 15 is 0 Å². The number of hydrogen-bond acceptors (Lipinski definition) is 4. The minimum atomic E-state index is -3.95. The molecule has 0 bridgehead atoms. The molecule has 8 heteroatoms. The van der Waals surface area contributed by atoms with E-state index in [0.717, 1.165) is 24.3 Å². The van der Waals surface area contributed by atoms with E-state index in [2.05, 4.69) is 4.72 Å². The molecule has 0 aliphatic rings. The minimum Gasteiger partial charge on any atom is -0.572 e. The molecule has 2 aromatic rings. The summed E-state index contributed by atoms with van der Waals surface area (Å²) < 4.78 is 28.0. The van der Waals surface area contributed by atoms with Gasteiger partial charge in [0.2, 0.25) is 0 Å². The molecule has 2 aromatic carbocycles. The third-order valence-corrected chi connectivity index (χ3v) is 4.52. The predicted octanol–water partition coefficient (Wildman–Crippen LogP) is 3.95. The number of nitrogens with zero attached hydrogens (tertiary/aromatic N) is 2. The Labute approximate surface area is 126 Å². The lowest BCUT2D eigenvalue weighted by atomic mass is 10.2. The van der Waals surface area contributed by atoms with Crippen molar-refractivity contribution in [3.63, 3.8) is 0 Å². The molecule has 0 aliphatic heterocycles. The molecule has 6 nitrogen and oxygen atoms in total. The Hall–Kier alpha value is -2.12. The van der Waals surface area contributed by atoms with Crippen LogP contribution in [0.1, 0.15) is 5.56 Å². The zero-order valence-corrected chi connectivity index (χ0v) is 12.4. The summed E-state index contributed by atoms with van der Waals surface area (Å²) in [5.41, 5.74) is 0.596. The van der Waals surface area contributed by atoms with Crippen LogP contribution in [0.25, 0.3) is 4.72 Å². The molecule has 21 heavy (non-hydrogen) atoms. The summed E-state index contributed by atoms with van der Waals surface area (Å²) in [7, 11) is -3.95. The summed E-state index contributed by atoms with van der Waals surface area (Å²) in [6.07, 6.45) is 0. The molecule has 0 amide bonds. The van der Waals surface area contributed by atoms with Crippen molar-refractivity contribution < 1.29 is 13.3 Å². The van der Waals surface area contributed by atoms with Gasteiger partial charge in [-0.1, -0.05) is 23.7 Å². The van der Waals surface area contributed by atoms with Crippen LogP contribution in [-0.2, 0) is 10.0 Å². The second kappa shape index (κ2) is 5.71. The number of hydrogen-bond donors (Lipinski definition) is 0.